The van der Waals surface area contributed by atoms with Gasteiger partial charge in [-0.15, -0.1) is 0 Å². The first-order valence-corrected chi connectivity index (χ1v) is 7.61. The average molecular weight is 319 g/mol. The summed E-state index contributed by atoms with van der Waals surface area (Å²) < 4.78 is 3.92. The smallest absolute Gasteiger partial charge is 0.132 e. The van der Waals surface area contributed by atoms with E-state index < -0.39 is 0 Å². The number of fused-ring (bicyclic) bond motifs is 1. The summed E-state index contributed by atoms with van der Waals surface area (Å²) in [5, 5.41) is 18.1. The van der Waals surface area contributed by atoms with Crippen LogP contribution in [0.3, 0.4) is 0 Å². The Bertz CT molecular complexity index is 1030. The van der Waals surface area contributed by atoms with Gasteiger partial charge in [0.25, 0.3) is 0 Å². The van der Waals surface area contributed by atoms with Crippen molar-refractivity contribution in [1.29, 1.82) is 0 Å². The first kappa shape index (κ1) is 14.3. The van der Waals surface area contributed by atoms with Crippen LogP contribution in [0.1, 0.15) is 0 Å². The van der Waals surface area contributed by atoms with E-state index in [0.29, 0.717) is 0 Å². The molecule has 3 aromatic heterocycles. The Balaban J connectivity index is 1.74. The van der Waals surface area contributed by atoms with Crippen LogP contribution in [0.25, 0.3) is 22.2 Å². The van der Waals surface area contributed by atoms with E-state index in [2.05, 4.69) is 26.0 Å². The Kier molecular flexibility index (Phi) is 3.23. The van der Waals surface area contributed by atoms with Gasteiger partial charge in [0, 0.05) is 55.3 Å². The van der Waals surface area contributed by atoms with Gasteiger partial charge in [-0.3, -0.25) is 4.68 Å². The molecule has 0 saturated carbocycles. The summed E-state index contributed by atoms with van der Waals surface area (Å²) in [6.07, 6.45) is 5.70. The summed E-state index contributed by atoms with van der Waals surface area (Å²) in [5.74, 6) is 0.950. The van der Waals surface area contributed by atoms with Crippen LogP contribution in [-0.4, -0.2) is 24.4 Å². The van der Waals surface area contributed by atoms with Crippen LogP contribution < -0.4 is 5.32 Å². The highest BCUT2D eigenvalue weighted by Crippen LogP contribution is 2.28. The number of rotatable bonds is 3. The molecule has 0 unspecified atom stereocenters. The lowest BCUT2D eigenvalue weighted by atomic mass is 10.2. The number of benzene rings is 1. The summed E-state index contributed by atoms with van der Waals surface area (Å²) in [6.45, 7) is 0. The lowest BCUT2D eigenvalue weighted by Crippen LogP contribution is -1.95. The lowest BCUT2D eigenvalue weighted by molar-refractivity contribution is 0.475. The van der Waals surface area contributed by atoms with E-state index in [1.807, 2.05) is 44.8 Å². The summed E-state index contributed by atoms with van der Waals surface area (Å²) >= 11 is 0. The van der Waals surface area contributed by atoms with Crippen LogP contribution in [0.2, 0.25) is 0 Å². The zero-order chi connectivity index (χ0) is 16.7. The quantitative estimate of drug-likeness (QED) is 0.607. The van der Waals surface area contributed by atoms with Gasteiger partial charge in [-0.05, 0) is 18.2 Å². The van der Waals surface area contributed by atoms with Gasteiger partial charge in [-0.1, -0.05) is 6.07 Å². The fraction of sp³-hybridized carbons (Fsp3) is 0.111. The largest absolute Gasteiger partial charge is 0.508 e. The second-order valence-corrected chi connectivity index (χ2v) is 5.79. The fourth-order valence-electron chi connectivity index (χ4n) is 2.86. The van der Waals surface area contributed by atoms with Crippen LogP contribution in [-0.2, 0) is 14.1 Å². The van der Waals surface area contributed by atoms with E-state index in [-0.39, 0.29) is 5.75 Å². The minimum atomic E-state index is 0.221. The number of nitrogens with zero attached hydrogens (tertiary/aromatic N) is 4. The first-order valence-electron chi connectivity index (χ1n) is 7.61. The van der Waals surface area contributed by atoms with Crippen molar-refractivity contribution < 1.29 is 5.11 Å². The molecule has 2 N–H and O–H groups in total. The predicted octanol–water partition coefficient (Wildman–Crippen LogP) is 3.42. The molecule has 4 aromatic rings. The number of phenols is 1. The van der Waals surface area contributed by atoms with E-state index in [9.17, 15) is 5.11 Å². The molecule has 0 aliphatic carbocycles. The topological polar surface area (TPSA) is 67.9 Å². The molecule has 0 amide bonds. The van der Waals surface area contributed by atoms with Gasteiger partial charge in [0.2, 0.25) is 0 Å². The number of hydrogen-bond donors (Lipinski definition) is 2. The van der Waals surface area contributed by atoms with Gasteiger partial charge in [-0.25, -0.2) is 4.98 Å². The molecule has 0 radical (unpaired) electrons. The third-order valence-corrected chi connectivity index (χ3v) is 4.05. The molecule has 0 saturated heterocycles. The molecule has 24 heavy (non-hydrogen) atoms. The molecule has 3 heterocycles. The summed E-state index contributed by atoms with van der Waals surface area (Å²) in [5.41, 5.74) is 4.03. The number of nitrogens with one attached hydrogen (secondary N) is 1. The Morgan fingerprint density at radius 3 is 2.71 bits per heavy atom. The van der Waals surface area contributed by atoms with Crippen LogP contribution in [0, 0.1) is 0 Å². The molecule has 0 spiro atoms. The molecule has 0 fully saturated rings. The maximum Gasteiger partial charge on any atom is 0.132 e. The molecule has 6 heteroatoms. The van der Waals surface area contributed by atoms with Crippen LogP contribution in [0.4, 0.5) is 11.5 Å². The van der Waals surface area contributed by atoms with Gasteiger partial charge in [-0.2, -0.15) is 5.10 Å². The summed E-state index contributed by atoms with van der Waals surface area (Å²) in [7, 11) is 3.94. The zero-order valence-corrected chi connectivity index (χ0v) is 13.4. The van der Waals surface area contributed by atoms with E-state index in [4.69, 9.17) is 0 Å². The van der Waals surface area contributed by atoms with Crippen molar-refractivity contribution in [2.24, 2.45) is 14.1 Å². The lowest BCUT2D eigenvalue weighted by Gasteiger charge is -2.07. The second-order valence-electron chi connectivity index (χ2n) is 5.79. The van der Waals surface area contributed by atoms with Crippen molar-refractivity contribution in [3.63, 3.8) is 0 Å². The van der Waals surface area contributed by atoms with E-state index in [1.54, 1.807) is 22.9 Å². The molecule has 0 bridgehead atoms. The Labute approximate surface area is 139 Å². The number of phenolic OH excluding ortho intramolecular Hbond substituents is 1. The fourth-order valence-corrected chi connectivity index (χ4v) is 2.86. The molecule has 6 nitrogen and oxygen atoms in total. The number of pyridine rings is 1. The molecule has 1 aromatic carbocycles. The van der Waals surface area contributed by atoms with E-state index in [0.717, 1.165) is 33.7 Å². The van der Waals surface area contributed by atoms with Crippen molar-refractivity contribution in [3.05, 3.63) is 55.0 Å². The number of hydrogen-bond acceptors (Lipinski definition) is 4. The maximum absolute atomic E-state index is 9.57. The minimum Gasteiger partial charge on any atom is -0.508 e. The molecule has 4 rings (SSSR count). The third kappa shape index (κ3) is 2.48. The van der Waals surface area contributed by atoms with Crippen LogP contribution in [0.15, 0.2) is 55.0 Å². The molecule has 0 atom stereocenters. The number of aromatic hydroxyl groups is 1. The normalized spacial score (nSPS) is 11.1. The molecular weight excluding hydrogens is 302 g/mol. The second kappa shape index (κ2) is 5.42. The van der Waals surface area contributed by atoms with Crippen molar-refractivity contribution in [2.75, 3.05) is 5.32 Å². The van der Waals surface area contributed by atoms with Crippen molar-refractivity contribution >= 4 is 22.4 Å². The molecule has 0 aliphatic rings. The highest BCUT2D eigenvalue weighted by atomic mass is 16.3. The monoisotopic (exact) mass is 319 g/mol. The minimum absolute atomic E-state index is 0.221. The predicted molar refractivity (Wildman–Crippen MR) is 94.3 cm³/mol. The molecular formula is C18H17N5O. The van der Waals surface area contributed by atoms with Gasteiger partial charge < -0.3 is 15.0 Å². The standard InChI is InChI=1S/C18H17N5O/c1-22-11-13(10-20-22)16-6-12-9-19-18(8-17(12)23(16)2)21-14-4-3-5-15(24)7-14/h3-11,24H,1-2H3,(H,19,21). The Hall–Kier alpha value is -3.28. The van der Waals surface area contributed by atoms with Crippen molar-refractivity contribution in [2.45, 2.75) is 0 Å². The summed E-state index contributed by atoms with van der Waals surface area (Å²) in [6, 6.07) is 11.1. The Morgan fingerprint density at radius 1 is 1.08 bits per heavy atom. The Morgan fingerprint density at radius 2 is 1.96 bits per heavy atom. The van der Waals surface area contributed by atoms with Gasteiger partial charge >= 0.3 is 0 Å². The zero-order valence-electron chi connectivity index (χ0n) is 13.4. The molecule has 0 aliphatic heterocycles. The highest BCUT2D eigenvalue weighted by Gasteiger charge is 2.10. The summed E-state index contributed by atoms with van der Waals surface area (Å²) in [4.78, 5) is 4.46. The SMILES string of the molecule is Cn1cc(-c2cc3cnc(Nc4cccc(O)c4)cc3n2C)cn1. The molecule has 120 valence electrons. The van der Waals surface area contributed by atoms with Crippen LogP contribution >= 0.6 is 0 Å². The van der Waals surface area contributed by atoms with Gasteiger partial charge in [0.1, 0.15) is 11.6 Å². The third-order valence-electron chi connectivity index (χ3n) is 4.05. The first-order chi connectivity index (χ1) is 11.6. The average Bonchev–Trinajstić information content (AvgIpc) is 3.12. The van der Waals surface area contributed by atoms with Crippen LogP contribution in [0.5, 0.6) is 5.75 Å². The van der Waals surface area contributed by atoms with E-state index >= 15 is 0 Å². The number of aryl methyl sites for hydroxylation is 2. The number of anilines is 2. The maximum atomic E-state index is 9.57. The van der Waals surface area contributed by atoms with Gasteiger partial charge in [0.15, 0.2) is 0 Å². The van der Waals surface area contributed by atoms with E-state index in [1.165, 1.54) is 0 Å². The van der Waals surface area contributed by atoms with Crippen molar-refractivity contribution in [3.8, 4) is 17.0 Å². The van der Waals surface area contributed by atoms with Crippen molar-refractivity contribution in [1.82, 2.24) is 19.3 Å². The van der Waals surface area contributed by atoms with Gasteiger partial charge in [0.05, 0.1) is 17.4 Å². The highest BCUT2D eigenvalue weighted by molar-refractivity contribution is 5.88. The number of aromatic nitrogens is 4.